The van der Waals surface area contributed by atoms with Crippen LogP contribution in [0.2, 0.25) is 0 Å². The highest BCUT2D eigenvalue weighted by Gasteiger charge is 2.26. The van der Waals surface area contributed by atoms with Crippen LogP contribution in [0.3, 0.4) is 0 Å². The second-order valence-corrected chi connectivity index (χ2v) is 8.51. The Labute approximate surface area is 134 Å². The zero-order valence-electron chi connectivity index (χ0n) is 14.3. The van der Waals surface area contributed by atoms with E-state index in [2.05, 4.69) is 33.0 Å². The van der Waals surface area contributed by atoms with Crippen molar-refractivity contribution in [2.75, 3.05) is 6.54 Å². The van der Waals surface area contributed by atoms with E-state index in [1.165, 1.54) is 60.5 Å². The molecule has 1 aliphatic carbocycles. The van der Waals surface area contributed by atoms with Crippen molar-refractivity contribution in [1.29, 1.82) is 0 Å². The van der Waals surface area contributed by atoms with Gasteiger partial charge in [0.2, 0.25) is 0 Å². The van der Waals surface area contributed by atoms with Crippen LogP contribution in [0, 0.1) is 0 Å². The molecule has 0 atom stereocenters. The molecular weight excluding hydrogens is 276 g/mol. The van der Waals surface area contributed by atoms with Crippen molar-refractivity contribution in [3.05, 3.63) is 15.6 Å². The average molecular weight is 309 g/mol. The van der Waals surface area contributed by atoms with E-state index in [1.54, 1.807) is 0 Å². The molecule has 1 heterocycles. The number of hydrogen-bond acceptors (Lipinski definition) is 3. The van der Waals surface area contributed by atoms with Crippen LogP contribution in [0.1, 0.15) is 94.1 Å². The number of nitrogens with zero attached hydrogens (tertiary/aromatic N) is 1. The molecule has 1 aromatic heterocycles. The second-order valence-electron chi connectivity index (χ2n) is 7.40. The minimum Gasteiger partial charge on any atom is -0.312 e. The van der Waals surface area contributed by atoms with Crippen molar-refractivity contribution < 1.29 is 0 Å². The molecule has 1 aromatic rings. The Hall–Kier alpha value is -0.410. The minimum absolute atomic E-state index is 0.154. The van der Waals surface area contributed by atoms with E-state index in [-0.39, 0.29) is 5.41 Å². The quantitative estimate of drug-likeness (QED) is 0.808. The summed E-state index contributed by atoms with van der Waals surface area (Å²) in [5.41, 5.74) is 1.48. The first-order valence-electron chi connectivity index (χ1n) is 8.73. The zero-order valence-corrected chi connectivity index (χ0v) is 15.1. The van der Waals surface area contributed by atoms with E-state index in [0.717, 1.165) is 13.1 Å². The molecular formula is C18H32N2S. The van der Waals surface area contributed by atoms with Gasteiger partial charge < -0.3 is 5.32 Å². The molecule has 120 valence electrons. The fraction of sp³-hybridized carbons (Fsp3) is 0.833. The lowest BCUT2D eigenvalue weighted by Crippen LogP contribution is -2.18. The van der Waals surface area contributed by atoms with Crippen LogP contribution in [-0.2, 0) is 12.0 Å². The third kappa shape index (κ3) is 4.79. The molecule has 0 aliphatic heterocycles. The summed E-state index contributed by atoms with van der Waals surface area (Å²) in [6.07, 6.45) is 9.73. The van der Waals surface area contributed by atoms with Crippen LogP contribution in [0.4, 0.5) is 0 Å². The lowest BCUT2D eigenvalue weighted by Gasteiger charge is -2.19. The molecule has 21 heavy (non-hydrogen) atoms. The SMILES string of the molecule is CCNCc1sc(C2CCCCCCC2)nc1C(C)(C)C. The monoisotopic (exact) mass is 308 g/mol. The van der Waals surface area contributed by atoms with Gasteiger partial charge in [-0.05, 0) is 19.4 Å². The third-order valence-electron chi connectivity index (χ3n) is 4.41. The predicted octanol–water partition coefficient (Wildman–Crippen LogP) is 5.38. The standard InChI is InChI=1S/C18H32N2S/c1-5-19-13-15-16(18(2,3)4)20-17(21-15)14-11-9-7-6-8-10-12-14/h14,19H,5-13H2,1-4H3. The Balaban J connectivity index is 2.20. The van der Waals surface area contributed by atoms with Crippen molar-refractivity contribution in [1.82, 2.24) is 10.3 Å². The first-order chi connectivity index (χ1) is 10.0. The van der Waals surface area contributed by atoms with Gasteiger partial charge in [-0.15, -0.1) is 11.3 Å². The number of nitrogens with one attached hydrogen (secondary N) is 1. The number of rotatable bonds is 4. The fourth-order valence-corrected chi connectivity index (χ4v) is 4.61. The van der Waals surface area contributed by atoms with Crippen molar-refractivity contribution in [3.63, 3.8) is 0 Å². The van der Waals surface area contributed by atoms with Gasteiger partial charge in [0, 0.05) is 22.8 Å². The average Bonchev–Trinajstić information content (AvgIpc) is 2.80. The smallest absolute Gasteiger partial charge is 0.0962 e. The Morgan fingerprint density at radius 2 is 1.71 bits per heavy atom. The predicted molar refractivity (Wildman–Crippen MR) is 93.3 cm³/mol. The first-order valence-corrected chi connectivity index (χ1v) is 9.54. The second kappa shape index (κ2) is 7.73. The lowest BCUT2D eigenvalue weighted by molar-refractivity contribution is 0.452. The van der Waals surface area contributed by atoms with Crippen LogP contribution in [0.5, 0.6) is 0 Å². The highest BCUT2D eigenvalue weighted by molar-refractivity contribution is 7.11. The maximum Gasteiger partial charge on any atom is 0.0962 e. The van der Waals surface area contributed by atoms with Crippen molar-refractivity contribution >= 4 is 11.3 Å². The van der Waals surface area contributed by atoms with E-state index < -0.39 is 0 Å². The largest absolute Gasteiger partial charge is 0.312 e. The number of hydrogen-bond donors (Lipinski definition) is 1. The first kappa shape index (κ1) is 17.0. The van der Waals surface area contributed by atoms with Crippen LogP contribution >= 0.6 is 11.3 Å². The zero-order chi connectivity index (χ0) is 15.3. The summed E-state index contributed by atoms with van der Waals surface area (Å²) in [6, 6.07) is 0. The molecule has 0 radical (unpaired) electrons. The maximum absolute atomic E-state index is 5.11. The van der Waals surface area contributed by atoms with Gasteiger partial charge in [0.25, 0.3) is 0 Å². The highest BCUT2D eigenvalue weighted by Crippen LogP contribution is 2.37. The van der Waals surface area contributed by atoms with Crippen LogP contribution in [0.15, 0.2) is 0 Å². The van der Waals surface area contributed by atoms with E-state index >= 15 is 0 Å². The van der Waals surface area contributed by atoms with Gasteiger partial charge in [-0.3, -0.25) is 0 Å². The molecule has 2 rings (SSSR count). The Morgan fingerprint density at radius 1 is 1.10 bits per heavy atom. The highest BCUT2D eigenvalue weighted by atomic mass is 32.1. The molecule has 1 fully saturated rings. The summed E-state index contributed by atoms with van der Waals surface area (Å²) in [6.45, 7) is 11.1. The summed E-state index contributed by atoms with van der Waals surface area (Å²) in [5, 5.41) is 4.90. The van der Waals surface area contributed by atoms with Gasteiger partial charge in [0.15, 0.2) is 0 Å². The van der Waals surface area contributed by atoms with Gasteiger partial charge in [-0.25, -0.2) is 4.98 Å². The summed E-state index contributed by atoms with van der Waals surface area (Å²) in [4.78, 5) is 6.57. The molecule has 1 aliphatic rings. The van der Waals surface area contributed by atoms with Gasteiger partial charge in [-0.1, -0.05) is 59.8 Å². The Bertz CT molecular complexity index is 423. The van der Waals surface area contributed by atoms with E-state index in [4.69, 9.17) is 4.98 Å². The summed E-state index contributed by atoms with van der Waals surface area (Å²) in [7, 11) is 0. The Morgan fingerprint density at radius 3 is 2.29 bits per heavy atom. The molecule has 0 saturated heterocycles. The number of aromatic nitrogens is 1. The fourth-order valence-electron chi connectivity index (χ4n) is 3.19. The van der Waals surface area contributed by atoms with Crippen LogP contribution in [-0.4, -0.2) is 11.5 Å². The van der Waals surface area contributed by atoms with Gasteiger partial charge in [-0.2, -0.15) is 0 Å². The van der Waals surface area contributed by atoms with E-state index in [1.807, 2.05) is 11.3 Å². The molecule has 3 heteroatoms. The van der Waals surface area contributed by atoms with Gasteiger partial charge in [0.05, 0.1) is 10.7 Å². The van der Waals surface area contributed by atoms with Gasteiger partial charge in [0.1, 0.15) is 0 Å². The van der Waals surface area contributed by atoms with Crippen molar-refractivity contribution in [3.8, 4) is 0 Å². The van der Waals surface area contributed by atoms with Crippen LogP contribution in [0.25, 0.3) is 0 Å². The van der Waals surface area contributed by atoms with Crippen molar-refractivity contribution in [2.45, 2.75) is 90.5 Å². The molecule has 0 bridgehead atoms. The Kier molecular flexibility index (Phi) is 6.24. The third-order valence-corrected chi connectivity index (χ3v) is 5.63. The molecule has 0 unspecified atom stereocenters. The normalized spacial score (nSPS) is 18.5. The molecule has 1 N–H and O–H groups in total. The van der Waals surface area contributed by atoms with Crippen molar-refractivity contribution in [2.24, 2.45) is 0 Å². The van der Waals surface area contributed by atoms with E-state index in [0.29, 0.717) is 5.92 Å². The van der Waals surface area contributed by atoms with E-state index in [9.17, 15) is 0 Å². The molecule has 0 amide bonds. The summed E-state index contributed by atoms with van der Waals surface area (Å²) < 4.78 is 0. The topological polar surface area (TPSA) is 24.9 Å². The maximum atomic E-state index is 5.11. The molecule has 0 spiro atoms. The summed E-state index contributed by atoms with van der Waals surface area (Å²) >= 11 is 1.98. The lowest BCUT2D eigenvalue weighted by atomic mass is 9.90. The number of thiazole rings is 1. The van der Waals surface area contributed by atoms with Crippen LogP contribution < -0.4 is 5.32 Å². The molecule has 1 saturated carbocycles. The minimum atomic E-state index is 0.154. The van der Waals surface area contributed by atoms with Gasteiger partial charge >= 0.3 is 0 Å². The molecule has 2 nitrogen and oxygen atoms in total. The molecule has 0 aromatic carbocycles. The summed E-state index contributed by atoms with van der Waals surface area (Å²) in [5.74, 6) is 0.715.